The molecule has 0 amide bonds. The van der Waals surface area contributed by atoms with Gasteiger partial charge in [0.15, 0.2) is 4.80 Å². The third-order valence-corrected chi connectivity index (χ3v) is 6.78. The zero-order valence-electron chi connectivity index (χ0n) is 15.5. The lowest BCUT2D eigenvalue weighted by Crippen LogP contribution is -2.39. The number of aromatic nitrogens is 2. The number of methoxy groups -OCH3 is 1. The summed E-state index contributed by atoms with van der Waals surface area (Å²) < 4.78 is 9.91. The second-order valence-electron chi connectivity index (χ2n) is 6.87. The van der Waals surface area contributed by atoms with Crippen molar-refractivity contribution in [2.45, 2.75) is 19.0 Å². The highest BCUT2D eigenvalue weighted by Crippen LogP contribution is 2.39. The first-order chi connectivity index (χ1) is 14.1. The molecule has 1 aromatic carbocycles. The number of carbonyl (C=O) groups is 1. The predicted octanol–water partition coefficient (Wildman–Crippen LogP) is 2.46. The maximum absolute atomic E-state index is 13.2. The van der Waals surface area contributed by atoms with Crippen molar-refractivity contribution in [2.75, 3.05) is 7.11 Å². The number of fused-ring (bicyclic) bond motifs is 3. The molecular formula is C21H16BrN3O3S. The summed E-state index contributed by atoms with van der Waals surface area (Å²) in [6.07, 6.45) is 4.10. The van der Waals surface area contributed by atoms with Crippen LogP contribution in [0.25, 0.3) is 11.8 Å². The highest BCUT2D eigenvalue weighted by atomic mass is 79.9. The average Bonchev–Trinajstić information content (AvgIpc) is 3.32. The van der Waals surface area contributed by atoms with Gasteiger partial charge in [-0.3, -0.25) is 9.36 Å². The van der Waals surface area contributed by atoms with Crippen molar-refractivity contribution in [3.05, 3.63) is 83.6 Å². The van der Waals surface area contributed by atoms with Crippen molar-refractivity contribution < 1.29 is 9.53 Å². The van der Waals surface area contributed by atoms with Crippen molar-refractivity contribution in [1.82, 2.24) is 9.13 Å². The van der Waals surface area contributed by atoms with Crippen molar-refractivity contribution >= 4 is 45.0 Å². The fourth-order valence-electron chi connectivity index (χ4n) is 3.95. The Morgan fingerprint density at radius 1 is 1.31 bits per heavy atom. The highest BCUT2D eigenvalue weighted by molar-refractivity contribution is 9.10. The van der Waals surface area contributed by atoms with Crippen LogP contribution in [0.3, 0.4) is 0 Å². The molecule has 3 aromatic rings. The summed E-state index contributed by atoms with van der Waals surface area (Å²) in [6.45, 7) is 0.846. The molecule has 6 nitrogen and oxygen atoms in total. The molecule has 1 unspecified atom stereocenters. The van der Waals surface area contributed by atoms with E-state index in [4.69, 9.17) is 9.73 Å². The number of esters is 1. The van der Waals surface area contributed by atoms with E-state index in [0.29, 0.717) is 9.33 Å². The number of rotatable bonds is 2. The molecule has 0 N–H and O–H groups in total. The molecule has 1 atom stereocenters. The van der Waals surface area contributed by atoms with Crippen LogP contribution in [0, 0.1) is 0 Å². The van der Waals surface area contributed by atoms with Gasteiger partial charge in [-0.2, -0.15) is 0 Å². The van der Waals surface area contributed by atoms with Gasteiger partial charge in [0.2, 0.25) is 0 Å². The molecule has 29 heavy (non-hydrogen) atoms. The number of carbonyl (C=O) groups excluding carboxylic acids is 1. The topological polar surface area (TPSA) is 65.6 Å². The van der Waals surface area contributed by atoms with E-state index in [1.807, 2.05) is 30.3 Å². The number of benzene rings is 1. The van der Waals surface area contributed by atoms with Gasteiger partial charge in [0.1, 0.15) is 4.53 Å². The van der Waals surface area contributed by atoms with Crippen LogP contribution in [0.5, 0.6) is 0 Å². The highest BCUT2D eigenvalue weighted by Gasteiger charge is 2.32. The lowest BCUT2D eigenvalue weighted by Gasteiger charge is -2.30. The van der Waals surface area contributed by atoms with Crippen LogP contribution in [0.1, 0.15) is 23.7 Å². The van der Waals surface area contributed by atoms with Gasteiger partial charge in [0.25, 0.3) is 5.56 Å². The number of halogens is 1. The number of aryl methyl sites for hydroxylation is 1. The number of thiazole rings is 1. The van der Waals surface area contributed by atoms with E-state index >= 15 is 0 Å². The predicted molar refractivity (Wildman–Crippen MR) is 114 cm³/mol. The Bertz CT molecular complexity index is 1340. The Morgan fingerprint density at radius 3 is 2.86 bits per heavy atom. The first-order valence-electron chi connectivity index (χ1n) is 9.10. The van der Waals surface area contributed by atoms with Crippen LogP contribution in [-0.4, -0.2) is 22.2 Å². The second kappa shape index (κ2) is 6.96. The second-order valence-corrected chi connectivity index (χ2v) is 8.79. The lowest BCUT2D eigenvalue weighted by molar-refractivity contribution is -0.133. The molecule has 0 fully saturated rings. The molecule has 0 spiro atoms. The van der Waals surface area contributed by atoms with E-state index in [-0.39, 0.29) is 11.6 Å². The van der Waals surface area contributed by atoms with Crippen LogP contribution in [-0.2, 0) is 16.1 Å². The molecule has 2 aliphatic rings. The SMILES string of the molecule is COC(=O)/C=c1\sc2n(c1=O)C(c1ccc(Br)cc1)C1=C(N=2)c2cccn2CC1. The Labute approximate surface area is 178 Å². The van der Waals surface area contributed by atoms with Crippen molar-refractivity contribution in [3.63, 3.8) is 0 Å². The largest absolute Gasteiger partial charge is 0.466 e. The van der Waals surface area contributed by atoms with E-state index in [1.54, 1.807) is 4.57 Å². The fraction of sp³-hybridized carbons (Fsp3) is 0.190. The summed E-state index contributed by atoms with van der Waals surface area (Å²) in [5, 5.41) is 0. The molecule has 8 heteroatoms. The van der Waals surface area contributed by atoms with Crippen LogP contribution in [0.15, 0.2) is 62.4 Å². The van der Waals surface area contributed by atoms with Gasteiger partial charge in [0.05, 0.1) is 24.5 Å². The molecule has 0 aliphatic carbocycles. The number of hydrogen-bond acceptors (Lipinski definition) is 5. The first kappa shape index (κ1) is 18.3. The van der Waals surface area contributed by atoms with Crippen LogP contribution in [0.4, 0.5) is 0 Å². The molecule has 5 rings (SSSR count). The molecule has 4 heterocycles. The van der Waals surface area contributed by atoms with Gasteiger partial charge in [-0.15, -0.1) is 0 Å². The third-order valence-electron chi connectivity index (χ3n) is 5.27. The first-order valence-corrected chi connectivity index (χ1v) is 10.7. The van der Waals surface area contributed by atoms with Gasteiger partial charge in [-0.25, -0.2) is 9.79 Å². The van der Waals surface area contributed by atoms with Crippen LogP contribution < -0.4 is 14.9 Å². The third kappa shape index (κ3) is 2.94. The minimum absolute atomic E-state index is 0.223. The Hall–Kier alpha value is -2.71. The average molecular weight is 470 g/mol. The summed E-state index contributed by atoms with van der Waals surface area (Å²) >= 11 is 4.70. The van der Waals surface area contributed by atoms with Crippen molar-refractivity contribution in [1.29, 1.82) is 0 Å². The monoisotopic (exact) mass is 469 g/mol. The maximum Gasteiger partial charge on any atom is 0.332 e. The summed E-state index contributed by atoms with van der Waals surface area (Å²) in [4.78, 5) is 30.4. The van der Waals surface area contributed by atoms with Gasteiger partial charge >= 0.3 is 5.97 Å². The van der Waals surface area contributed by atoms with Gasteiger partial charge in [-0.05, 0) is 41.8 Å². The molecule has 0 radical (unpaired) electrons. The lowest BCUT2D eigenvalue weighted by atomic mass is 9.91. The molecule has 2 aliphatic heterocycles. The summed E-state index contributed by atoms with van der Waals surface area (Å²) in [7, 11) is 1.30. The maximum atomic E-state index is 13.2. The number of hydrogen-bond donors (Lipinski definition) is 0. The van der Waals surface area contributed by atoms with E-state index in [2.05, 4.69) is 32.8 Å². The fourth-order valence-corrected chi connectivity index (χ4v) is 5.17. The zero-order chi connectivity index (χ0) is 20.1. The van der Waals surface area contributed by atoms with E-state index in [9.17, 15) is 9.59 Å². The van der Waals surface area contributed by atoms with Crippen LogP contribution in [0.2, 0.25) is 0 Å². The smallest absolute Gasteiger partial charge is 0.332 e. The summed E-state index contributed by atoms with van der Waals surface area (Å²) in [5.41, 5.74) is 3.88. The Balaban J connectivity index is 1.81. The van der Waals surface area contributed by atoms with Crippen molar-refractivity contribution in [2.24, 2.45) is 4.99 Å². The van der Waals surface area contributed by atoms with Crippen molar-refractivity contribution in [3.8, 4) is 0 Å². The summed E-state index contributed by atoms with van der Waals surface area (Å²) in [6, 6.07) is 11.8. The van der Waals surface area contributed by atoms with Gasteiger partial charge in [-0.1, -0.05) is 39.4 Å². The van der Waals surface area contributed by atoms with E-state index in [0.717, 1.165) is 40.0 Å². The van der Waals surface area contributed by atoms with E-state index < -0.39 is 5.97 Å². The molecule has 0 saturated heterocycles. The zero-order valence-corrected chi connectivity index (χ0v) is 17.9. The number of nitrogens with zero attached hydrogens (tertiary/aromatic N) is 3. The molecule has 0 saturated carbocycles. The molecular weight excluding hydrogens is 454 g/mol. The molecule has 0 bridgehead atoms. The number of ether oxygens (including phenoxy) is 1. The number of allylic oxidation sites excluding steroid dienone is 1. The summed E-state index contributed by atoms with van der Waals surface area (Å²) in [5.74, 6) is -0.548. The standard InChI is InChI=1S/C21H16BrN3O3S/c1-28-17(26)11-16-20(27)25-19(12-4-6-13(22)7-5-12)14-8-10-24-9-2-3-15(24)18(14)23-21(25)29-16/h2-7,9,11,19H,8,10H2,1H3/b16-11-. The van der Waals surface area contributed by atoms with E-state index in [1.165, 1.54) is 24.5 Å². The normalized spacial score (nSPS) is 18.0. The Kier molecular flexibility index (Phi) is 4.40. The molecule has 2 aromatic heterocycles. The Morgan fingerprint density at radius 2 is 2.10 bits per heavy atom. The van der Waals surface area contributed by atoms with Gasteiger partial charge in [0, 0.05) is 23.3 Å². The van der Waals surface area contributed by atoms with Crippen LogP contribution >= 0.6 is 27.3 Å². The minimum Gasteiger partial charge on any atom is -0.466 e. The molecule has 146 valence electrons. The van der Waals surface area contributed by atoms with Gasteiger partial charge < -0.3 is 9.30 Å². The quantitative estimate of drug-likeness (QED) is 0.541. The minimum atomic E-state index is -0.548.